The summed E-state index contributed by atoms with van der Waals surface area (Å²) in [6.07, 6.45) is 0. The largest absolute Gasteiger partial charge is 0.134 e. The highest BCUT2D eigenvalue weighted by atomic mass is 32.2. The van der Waals surface area contributed by atoms with Crippen LogP contribution >= 0.6 is 34.4 Å². The fourth-order valence-corrected chi connectivity index (χ4v) is 7.94. The summed E-state index contributed by atoms with van der Waals surface area (Å²) >= 11 is 5.70. The number of fused-ring (bicyclic) bond motifs is 2. The molecule has 3 heteroatoms. The Morgan fingerprint density at radius 3 is 1.26 bits per heavy atom. The summed E-state index contributed by atoms with van der Waals surface area (Å²) in [6, 6.07) is 39.1. The third-order valence-electron chi connectivity index (χ3n) is 5.38. The van der Waals surface area contributed by atoms with Gasteiger partial charge in [0.15, 0.2) is 0 Å². The monoisotopic (exact) mass is 450 g/mol. The van der Waals surface area contributed by atoms with Crippen LogP contribution in [0.1, 0.15) is 0 Å². The van der Waals surface area contributed by atoms with Gasteiger partial charge in [-0.25, -0.2) is 0 Å². The first-order valence-electron chi connectivity index (χ1n) is 10.2. The van der Waals surface area contributed by atoms with Crippen LogP contribution in [-0.4, -0.2) is 0 Å². The summed E-state index contributed by atoms with van der Waals surface area (Å²) in [5.74, 6) is 0. The van der Waals surface area contributed by atoms with Gasteiger partial charge < -0.3 is 0 Å². The highest BCUT2D eigenvalue weighted by Crippen LogP contribution is 2.52. The van der Waals surface area contributed by atoms with Crippen LogP contribution in [0, 0.1) is 0 Å². The molecule has 0 radical (unpaired) electrons. The quantitative estimate of drug-likeness (QED) is 0.258. The van der Waals surface area contributed by atoms with Crippen molar-refractivity contribution in [2.75, 3.05) is 0 Å². The first-order chi connectivity index (χ1) is 15.4. The molecule has 0 bridgehead atoms. The molecule has 0 saturated heterocycles. The van der Waals surface area contributed by atoms with Gasteiger partial charge >= 0.3 is 0 Å². The highest BCUT2D eigenvalue weighted by Gasteiger charge is 2.20. The molecule has 0 N–H and O–H groups in total. The Hall–Kier alpha value is -2.85. The molecule has 6 aromatic rings. The second kappa shape index (κ2) is 8.01. The van der Waals surface area contributed by atoms with Gasteiger partial charge in [0.1, 0.15) is 0 Å². The molecule has 6 rings (SSSR count). The predicted molar refractivity (Wildman–Crippen MR) is 139 cm³/mol. The topological polar surface area (TPSA) is 0 Å². The van der Waals surface area contributed by atoms with E-state index >= 15 is 0 Å². The minimum Gasteiger partial charge on any atom is -0.134 e. The van der Waals surface area contributed by atoms with Gasteiger partial charge in [-0.2, -0.15) is 0 Å². The number of rotatable bonds is 4. The minimum absolute atomic E-state index is 1.28. The Labute approximate surface area is 193 Å². The zero-order chi connectivity index (χ0) is 20.6. The van der Waals surface area contributed by atoms with Crippen LogP contribution in [0.3, 0.4) is 0 Å². The number of hydrogen-bond acceptors (Lipinski definition) is 3. The summed E-state index contributed by atoms with van der Waals surface area (Å²) in [5, 5.41) is 2.68. The van der Waals surface area contributed by atoms with Gasteiger partial charge in [-0.1, -0.05) is 109 Å². The third kappa shape index (κ3) is 3.39. The zero-order valence-electron chi connectivity index (χ0n) is 16.6. The maximum Gasteiger partial charge on any atom is 0.0494 e. The van der Waals surface area contributed by atoms with Crippen LogP contribution in [0.25, 0.3) is 41.1 Å². The van der Waals surface area contributed by atoms with E-state index in [0.29, 0.717) is 0 Å². The van der Waals surface area contributed by atoms with E-state index in [0.717, 1.165) is 0 Å². The summed E-state index contributed by atoms with van der Waals surface area (Å²) in [4.78, 5) is 5.40. The highest BCUT2D eigenvalue weighted by molar-refractivity contribution is 8.00. The van der Waals surface area contributed by atoms with E-state index < -0.39 is 0 Å². The van der Waals surface area contributed by atoms with Crippen molar-refractivity contribution in [3.8, 4) is 20.9 Å². The zero-order valence-corrected chi connectivity index (χ0v) is 19.1. The molecule has 2 heterocycles. The summed E-state index contributed by atoms with van der Waals surface area (Å²) in [6.45, 7) is 0. The molecule has 0 aliphatic carbocycles. The molecule has 2 aromatic heterocycles. The first kappa shape index (κ1) is 18.9. The normalized spacial score (nSPS) is 11.4. The lowest BCUT2D eigenvalue weighted by molar-refractivity contribution is 1.55. The second-order valence-electron chi connectivity index (χ2n) is 7.35. The molecule has 0 atom stereocenters. The average molecular weight is 451 g/mol. The number of hydrogen-bond donors (Lipinski definition) is 0. The molecular weight excluding hydrogens is 433 g/mol. The molecule has 31 heavy (non-hydrogen) atoms. The lowest BCUT2D eigenvalue weighted by Gasteiger charge is -2.08. The van der Waals surface area contributed by atoms with Crippen molar-refractivity contribution in [2.24, 2.45) is 0 Å². The molecule has 0 amide bonds. The van der Waals surface area contributed by atoms with Gasteiger partial charge in [0.25, 0.3) is 0 Å². The molecule has 0 saturated carbocycles. The molecule has 0 nitrogen and oxygen atoms in total. The van der Waals surface area contributed by atoms with Gasteiger partial charge in [0, 0.05) is 39.7 Å². The average Bonchev–Trinajstić information content (AvgIpc) is 3.40. The number of thiophene rings is 2. The van der Waals surface area contributed by atoms with E-state index in [2.05, 4.69) is 109 Å². The Morgan fingerprint density at radius 2 is 0.806 bits per heavy atom. The summed E-state index contributed by atoms with van der Waals surface area (Å²) in [7, 11) is 0. The van der Waals surface area contributed by atoms with Crippen molar-refractivity contribution >= 4 is 54.6 Å². The van der Waals surface area contributed by atoms with E-state index in [1.165, 1.54) is 50.8 Å². The van der Waals surface area contributed by atoms with Crippen molar-refractivity contribution in [1.29, 1.82) is 0 Å². The van der Waals surface area contributed by atoms with Crippen molar-refractivity contribution in [2.45, 2.75) is 9.79 Å². The molecule has 0 aliphatic heterocycles. The first-order valence-corrected chi connectivity index (χ1v) is 12.7. The van der Waals surface area contributed by atoms with Crippen LogP contribution in [-0.2, 0) is 0 Å². The van der Waals surface area contributed by atoms with E-state index in [1.54, 1.807) is 0 Å². The Kier molecular flexibility index (Phi) is 4.88. The molecular formula is C28H18S3. The van der Waals surface area contributed by atoms with E-state index in [1.807, 2.05) is 34.4 Å². The Bertz CT molecular complexity index is 1380. The minimum atomic E-state index is 1.28. The van der Waals surface area contributed by atoms with Crippen molar-refractivity contribution in [3.05, 3.63) is 109 Å². The van der Waals surface area contributed by atoms with Gasteiger partial charge in [0.05, 0.1) is 0 Å². The molecule has 0 spiro atoms. The summed E-state index contributed by atoms with van der Waals surface area (Å²) in [5.41, 5.74) is 2.57. The maximum absolute atomic E-state index is 2.26. The van der Waals surface area contributed by atoms with Gasteiger partial charge in [-0.05, 0) is 23.3 Å². The van der Waals surface area contributed by atoms with Gasteiger partial charge in [-0.15, -0.1) is 22.7 Å². The molecule has 0 fully saturated rings. The maximum atomic E-state index is 2.26. The Balaban J connectivity index is 1.60. The van der Waals surface area contributed by atoms with Crippen LogP contribution < -0.4 is 0 Å². The van der Waals surface area contributed by atoms with E-state index in [9.17, 15) is 0 Å². The molecule has 4 aromatic carbocycles. The van der Waals surface area contributed by atoms with Crippen LogP contribution in [0.2, 0.25) is 0 Å². The number of benzene rings is 4. The van der Waals surface area contributed by atoms with Crippen LogP contribution in [0.15, 0.2) is 119 Å². The third-order valence-corrected chi connectivity index (χ3v) is 9.33. The Morgan fingerprint density at radius 1 is 0.419 bits per heavy atom. The van der Waals surface area contributed by atoms with Crippen molar-refractivity contribution < 1.29 is 0 Å². The van der Waals surface area contributed by atoms with Gasteiger partial charge in [-0.3, -0.25) is 0 Å². The predicted octanol–water partition coefficient (Wildman–Crippen LogP) is 9.60. The van der Waals surface area contributed by atoms with Crippen molar-refractivity contribution in [1.82, 2.24) is 0 Å². The fraction of sp³-hybridized carbons (Fsp3) is 0. The SMILES string of the molecule is c1ccc(-c2sc3ccccc3c2Sc2c(-c3ccccc3)sc3ccccc23)cc1. The lowest BCUT2D eigenvalue weighted by atomic mass is 10.1. The van der Waals surface area contributed by atoms with Crippen LogP contribution in [0.5, 0.6) is 0 Å². The molecule has 0 unspecified atom stereocenters. The van der Waals surface area contributed by atoms with Gasteiger partial charge in [0.2, 0.25) is 0 Å². The summed E-state index contributed by atoms with van der Waals surface area (Å²) < 4.78 is 2.68. The fourth-order valence-electron chi connectivity index (χ4n) is 3.91. The van der Waals surface area contributed by atoms with Crippen molar-refractivity contribution in [3.63, 3.8) is 0 Å². The van der Waals surface area contributed by atoms with E-state index in [4.69, 9.17) is 0 Å². The molecule has 148 valence electrons. The smallest absolute Gasteiger partial charge is 0.0494 e. The lowest BCUT2D eigenvalue weighted by Crippen LogP contribution is -1.80. The molecule has 0 aliphatic rings. The second-order valence-corrected chi connectivity index (χ2v) is 10.5. The standard InChI is InChI=1S/C28H18S3/c1-3-11-19(12-4-1)25-27(21-15-7-9-17-23(21)29-25)31-28-22-16-8-10-18-24(22)30-26(28)20-13-5-2-6-14-20/h1-18H. The van der Waals surface area contributed by atoms with E-state index in [-0.39, 0.29) is 0 Å². The van der Waals surface area contributed by atoms with Crippen LogP contribution in [0.4, 0.5) is 0 Å².